The van der Waals surface area contributed by atoms with E-state index in [1.807, 2.05) is 31.2 Å². The molecule has 1 rings (SSSR count). The summed E-state index contributed by atoms with van der Waals surface area (Å²) in [6.07, 6.45) is -0.106. The highest BCUT2D eigenvalue weighted by molar-refractivity contribution is 9.10. The Morgan fingerprint density at radius 2 is 2.15 bits per heavy atom. The third-order valence-electron chi connectivity index (χ3n) is 2.83. The SMILES string of the molecule is CCC(OC)C(=O)N(CC(=O)O)Cc1cccc(Br)c1. The number of carbonyl (C=O) groups is 2. The van der Waals surface area contributed by atoms with Gasteiger partial charge in [-0.25, -0.2) is 0 Å². The minimum absolute atomic E-state index is 0.241. The summed E-state index contributed by atoms with van der Waals surface area (Å²) in [5.41, 5.74) is 0.861. The van der Waals surface area contributed by atoms with Gasteiger partial charge in [-0.3, -0.25) is 9.59 Å². The lowest BCUT2D eigenvalue weighted by Gasteiger charge is -2.25. The number of amides is 1. The van der Waals surface area contributed by atoms with Crippen LogP contribution in [0.15, 0.2) is 28.7 Å². The van der Waals surface area contributed by atoms with Crippen molar-refractivity contribution in [3.05, 3.63) is 34.3 Å². The van der Waals surface area contributed by atoms with Gasteiger partial charge in [-0.05, 0) is 24.1 Å². The van der Waals surface area contributed by atoms with Crippen LogP contribution in [0.5, 0.6) is 0 Å². The summed E-state index contributed by atoms with van der Waals surface area (Å²) in [6.45, 7) is 1.72. The van der Waals surface area contributed by atoms with Gasteiger partial charge in [-0.15, -0.1) is 0 Å². The number of hydrogen-bond donors (Lipinski definition) is 1. The number of methoxy groups -OCH3 is 1. The van der Waals surface area contributed by atoms with Crippen molar-refractivity contribution in [1.29, 1.82) is 0 Å². The standard InChI is InChI=1S/C14H18BrNO4/c1-3-12(20-2)14(19)16(9-13(17)18)8-10-5-4-6-11(15)7-10/h4-7,12H,3,8-9H2,1-2H3,(H,17,18). The molecule has 0 radical (unpaired) electrons. The molecule has 1 atom stereocenters. The molecular weight excluding hydrogens is 326 g/mol. The average Bonchev–Trinajstić information content (AvgIpc) is 2.38. The fraction of sp³-hybridized carbons (Fsp3) is 0.429. The van der Waals surface area contributed by atoms with Crippen molar-refractivity contribution in [2.45, 2.75) is 26.0 Å². The number of benzene rings is 1. The lowest BCUT2D eigenvalue weighted by Crippen LogP contribution is -2.42. The van der Waals surface area contributed by atoms with Crippen LogP contribution in [-0.2, 0) is 20.9 Å². The lowest BCUT2D eigenvalue weighted by molar-refractivity contribution is -0.150. The number of aliphatic carboxylic acids is 1. The normalized spacial score (nSPS) is 11.9. The second-order valence-corrected chi connectivity index (χ2v) is 5.27. The molecule has 0 fully saturated rings. The van der Waals surface area contributed by atoms with Crippen molar-refractivity contribution >= 4 is 27.8 Å². The summed E-state index contributed by atoms with van der Waals surface area (Å²) in [6, 6.07) is 7.42. The van der Waals surface area contributed by atoms with Gasteiger partial charge in [-0.2, -0.15) is 0 Å². The molecule has 0 aliphatic rings. The van der Waals surface area contributed by atoms with Gasteiger partial charge in [0.1, 0.15) is 12.6 Å². The van der Waals surface area contributed by atoms with E-state index in [2.05, 4.69) is 15.9 Å². The molecule has 1 aromatic rings. The minimum atomic E-state index is -1.04. The maximum absolute atomic E-state index is 12.3. The summed E-state index contributed by atoms with van der Waals surface area (Å²) >= 11 is 3.35. The molecule has 0 aliphatic carbocycles. The molecule has 0 aromatic heterocycles. The maximum atomic E-state index is 12.3. The summed E-state index contributed by atoms with van der Waals surface area (Å²) in [4.78, 5) is 24.5. The van der Waals surface area contributed by atoms with Crippen molar-refractivity contribution < 1.29 is 19.4 Å². The molecule has 1 unspecified atom stereocenters. The van der Waals surface area contributed by atoms with Crippen molar-refractivity contribution in [1.82, 2.24) is 4.90 Å². The van der Waals surface area contributed by atoms with E-state index in [0.29, 0.717) is 6.42 Å². The van der Waals surface area contributed by atoms with Crippen LogP contribution in [-0.4, -0.2) is 41.6 Å². The smallest absolute Gasteiger partial charge is 0.323 e. The zero-order valence-corrected chi connectivity index (χ0v) is 13.1. The van der Waals surface area contributed by atoms with E-state index < -0.39 is 12.1 Å². The molecule has 110 valence electrons. The molecule has 5 nitrogen and oxygen atoms in total. The van der Waals surface area contributed by atoms with Gasteiger partial charge >= 0.3 is 5.97 Å². The zero-order valence-electron chi connectivity index (χ0n) is 11.5. The first-order valence-corrected chi connectivity index (χ1v) is 7.05. The highest BCUT2D eigenvalue weighted by Crippen LogP contribution is 2.14. The van der Waals surface area contributed by atoms with Crippen LogP contribution >= 0.6 is 15.9 Å². The van der Waals surface area contributed by atoms with E-state index in [-0.39, 0.29) is 19.0 Å². The van der Waals surface area contributed by atoms with Gasteiger partial charge in [0, 0.05) is 18.1 Å². The Hall–Kier alpha value is -1.40. The third-order valence-corrected chi connectivity index (χ3v) is 3.32. The molecule has 1 amide bonds. The first-order chi connectivity index (χ1) is 9.47. The van der Waals surface area contributed by atoms with Gasteiger partial charge in [0.15, 0.2) is 0 Å². The van der Waals surface area contributed by atoms with E-state index >= 15 is 0 Å². The summed E-state index contributed by atoms with van der Waals surface area (Å²) in [5.74, 6) is -1.35. The van der Waals surface area contributed by atoms with Crippen LogP contribution in [0.4, 0.5) is 0 Å². The maximum Gasteiger partial charge on any atom is 0.323 e. The van der Waals surface area contributed by atoms with Crippen molar-refractivity contribution in [2.24, 2.45) is 0 Å². The lowest BCUT2D eigenvalue weighted by atomic mass is 10.2. The summed E-state index contributed by atoms with van der Waals surface area (Å²) in [5, 5.41) is 8.95. The Labute approximate surface area is 126 Å². The van der Waals surface area contributed by atoms with E-state index in [1.165, 1.54) is 12.0 Å². The monoisotopic (exact) mass is 343 g/mol. The first-order valence-electron chi connectivity index (χ1n) is 6.25. The highest BCUT2D eigenvalue weighted by Gasteiger charge is 2.24. The van der Waals surface area contributed by atoms with Crippen LogP contribution in [0.25, 0.3) is 0 Å². The van der Waals surface area contributed by atoms with E-state index in [9.17, 15) is 9.59 Å². The quantitative estimate of drug-likeness (QED) is 0.824. The van der Waals surface area contributed by atoms with Crippen LogP contribution in [0, 0.1) is 0 Å². The molecule has 0 heterocycles. The predicted molar refractivity (Wildman–Crippen MR) is 78.3 cm³/mol. The Morgan fingerprint density at radius 1 is 1.45 bits per heavy atom. The minimum Gasteiger partial charge on any atom is -0.480 e. The third kappa shape index (κ3) is 4.94. The van der Waals surface area contributed by atoms with E-state index in [1.54, 1.807) is 0 Å². The molecule has 1 N–H and O–H groups in total. The number of carboxylic acids is 1. The fourth-order valence-corrected chi connectivity index (χ4v) is 2.32. The van der Waals surface area contributed by atoms with Gasteiger partial charge < -0.3 is 14.7 Å². The first kappa shape index (κ1) is 16.7. The molecular formula is C14H18BrNO4. The number of rotatable bonds is 7. The Balaban J connectivity index is 2.89. The summed E-state index contributed by atoms with van der Waals surface area (Å²) < 4.78 is 5.98. The van der Waals surface area contributed by atoms with E-state index in [4.69, 9.17) is 9.84 Å². The Kier molecular flexibility index (Phi) is 6.67. The predicted octanol–water partition coefficient (Wildman–Crippen LogP) is 2.29. The largest absolute Gasteiger partial charge is 0.480 e. The summed E-state index contributed by atoms with van der Waals surface area (Å²) in [7, 11) is 1.45. The Bertz CT molecular complexity index is 474. The van der Waals surface area contributed by atoms with Crippen molar-refractivity contribution in [3.63, 3.8) is 0 Å². The van der Waals surface area contributed by atoms with Crippen molar-refractivity contribution in [3.8, 4) is 0 Å². The molecule has 0 bridgehead atoms. The van der Waals surface area contributed by atoms with Gasteiger partial charge in [0.05, 0.1) is 0 Å². The molecule has 0 saturated carbocycles. The number of nitrogens with zero attached hydrogens (tertiary/aromatic N) is 1. The van der Waals surface area contributed by atoms with Gasteiger partial charge in [-0.1, -0.05) is 35.0 Å². The highest BCUT2D eigenvalue weighted by atomic mass is 79.9. The van der Waals surface area contributed by atoms with Crippen LogP contribution in [0.3, 0.4) is 0 Å². The van der Waals surface area contributed by atoms with Crippen LogP contribution in [0.1, 0.15) is 18.9 Å². The van der Waals surface area contributed by atoms with E-state index in [0.717, 1.165) is 10.0 Å². The van der Waals surface area contributed by atoms with Gasteiger partial charge in [0.2, 0.25) is 0 Å². The molecule has 1 aromatic carbocycles. The fourth-order valence-electron chi connectivity index (χ4n) is 1.88. The number of ether oxygens (including phenoxy) is 1. The number of carbonyl (C=O) groups excluding carboxylic acids is 1. The number of carboxylic acid groups (broad SMARTS) is 1. The molecule has 20 heavy (non-hydrogen) atoms. The van der Waals surface area contributed by atoms with Crippen LogP contribution in [0.2, 0.25) is 0 Å². The topological polar surface area (TPSA) is 66.8 Å². The average molecular weight is 344 g/mol. The molecule has 0 aliphatic heterocycles. The Morgan fingerprint density at radius 3 is 2.65 bits per heavy atom. The second-order valence-electron chi connectivity index (χ2n) is 4.35. The molecule has 0 spiro atoms. The molecule has 6 heteroatoms. The zero-order chi connectivity index (χ0) is 15.1. The van der Waals surface area contributed by atoms with Gasteiger partial charge in [0.25, 0.3) is 5.91 Å². The second kappa shape index (κ2) is 8.01. The van der Waals surface area contributed by atoms with Crippen molar-refractivity contribution in [2.75, 3.05) is 13.7 Å². The van der Waals surface area contributed by atoms with Crippen LogP contribution < -0.4 is 0 Å². The molecule has 0 saturated heterocycles. The number of hydrogen-bond acceptors (Lipinski definition) is 3. The number of halogens is 1.